The summed E-state index contributed by atoms with van der Waals surface area (Å²) in [5.74, 6) is 0.450. The van der Waals surface area contributed by atoms with Gasteiger partial charge in [-0.05, 0) is 37.1 Å². The van der Waals surface area contributed by atoms with Gasteiger partial charge in [0.1, 0.15) is 5.84 Å². The fourth-order valence-electron chi connectivity index (χ4n) is 3.49. The number of rotatable bonds is 3. The van der Waals surface area contributed by atoms with Crippen LogP contribution in [0.1, 0.15) is 18.1 Å². The number of nitrogens with zero attached hydrogens (tertiary/aromatic N) is 2. The molecule has 0 bridgehead atoms. The monoisotopic (exact) mass is 341 g/mol. The molecule has 1 N–H and O–H groups in total. The lowest BCUT2D eigenvalue weighted by Crippen LogP contribution is -2.32. The first-order chi connectivity index (χ1) is 11.6. The first-order valence-corrected chi connectivity index (χ1v) is 9.56. The van der Waals surface area contributed by atoms with Crippen LogP contribution in [0.3, 0.4) is 0 Å². The predicted molar refractivity (Wildman–Crippen MR) is 95.1 cm³/mol. The highest BCUT2D eigenvalue weighted by atomic mass is 32.2. The van der Waals surface area contributed by atoms with Crippen molar-refractivity contribution >= 4 is 21.5 Å². The lowest BCUT2D eigenvalue weighted by atomic mass is 10.1. The molecule has 5 nitrogen and oxygen atoms in total. The second-order valence-electron chi connectivity index (χ2n) is 6.21. The molecule has 4 rings (SSSR count). The predicted octanol–water partition coefficient (Wildman–Crippen LogP) is 2.18. The maximum Gasteiger partial charge on any atom is 0.263 e. The van der Waals surface area contributed by atoms with Crippen molar-refractivity contribution in [2.75, 3.05) is 18.0 Å². The standard InChI is InChI=1S/C18H19N3O2S/c1-13-12-14-6-2-4-8-16(14)21(13)11-10-19-18-15-7-3-5-9-17(15)24(22,23)20-18/h2-9,13H,10-12H2,1H3,(H,19,20). The van der Waals surface area contributed by atoms with Crippen LogP contribution in [0.15, 0.2) is 58.4 Å². The molecule has 0 radical (unpaired) electrons. The quantitative estimate of drug-likeness (QED) is 0.931. The Morgan fingerprint density at radius 3 is 2.79 bits per heavy atom. The maximum absolute atomic E-state index is 12.1. The van der Waals surface area contributed by atoms with E-state index in [9.17, 15) is 8.42 Å². The molecule has 24 heavy (non-hydrogen) atoms. The summed E-state index contributed by atoms with van der Waals surface area (Å²) in [6.45, 7) is 3.52. The number of nitrogens with one attached hydrogen (secondary N) is 1. The molecule has 0 aromatic heterocycles. The van der Waals surface area contributed by atoms with Crippen molar-refractivity contribution in [1.29, 1.82) is 0 Å². The lowest BCUT2D eigenvalue weighted by Gasteiger charge is -2.24. The summed E-state index contributed by atoms with van der Waals surface area (Å²) in [5.41, 5.74) is 3.29. The van der Waals surface area contributed by atoms with E-state index in [-0.39, 0.29) is 0 Å². The van der Waals surface area contributed by atoms with Gasteiger partial charge in [0.25, 0.3) is 10.0 Å². The summed E-state index contributed by atoms with van der Waals surface area (Å²) in [6.07, 6.45) is 1.04. The van der Waals surface area contributed by atoms with Crippen molar-refractivity contribution in [1.82, 2.24) is 4.72 Å². The Labute approximate surface area is 142 Å². The van der Waals surface area contributed by atoms with Gasteiger partial charge in [0, 0.05) is 23.8 Å². The number of fused-ring (bicyclic) bond motifs is 2. The van der Waals surface area contributed by atoms with Crippen molar-refractivity contribution in [3.8, 4) is 0 Å². The minimum Gasteiger partial charge on any atom is -0.366 e. The van der Waals surface area contributed by atoms with Crippen molar-refractivity contribution in [3.63, 3.8) is 0 Å². The van der Waals surface area contributed by atoms with Crippen LogP contribution in [0, 0.1) is 0 Å². The molecule has 6 heteroatoms. The molecule has 2 heterocycles. The van der Waals surface area contributed by atoms with Gasteiger partial charge in [0.2, 0.25) is 0 Å². The van der Waals surface area contributed by atoms with E-state index in [0.717, 1.165) is 13.0 Å². The van der Waals surface area contributed by atoms with Crippen molar-refractivity contribution in [2.45, 2.75) is 24.3 Å². The Hall–Kier alpha value is -2.34. The van der Waals surface area contributed by atoms with Gasteiger partial charge < -0.3 is 4.90 Å². The second-order valence-corrected chi connectivity index (χ2v) is 7.86. The minimum atomic E-state index is -3.46. The fraction of sp³-hybridized carbons (Fsp3) is 0.278. The number of hydrogen-bond donors (Lipinski definition) is 1. The Bertz CT molecular complexity index is 921. The molecule has 124 valence electrons. The van der Waals surface area contributed by atoms with E-state index in [0.29, 0.717) is 28.9 Å². The molecule has 1 atom stereocenters. The SMILES string of the molecule is CC1Cc2ccccc2N1CCN=C1NS(=O)(=O)c2ccccc21. The number of amidine groups is 1. The highest BCUT2D eigenvalue weighted by Gasteiger charge is 2.30. The van der Waals surface area contributed by atoms with Crippen molar-refractivity contribution in [3.05, 3.63) is 59.7 Å². The van der Waals surface area contributed by atoms with Gasteiger partial charge in [-0.25, -0.2) is 8.42 Å². The average Bonchev–Trinajstić information content (AvgIpc) is 3.02. The van der Waals surface area contributed by atoms with Gasteiger partial charge in [-0.2, -0.15) is 0 Å². The largest absolute Gasteiger partial charge is 0.366 e. The third-order valence-electron chi connectivity index (χ3n) is 4.62. The third-order valence-corrected chi connectivity index (χ3v) is 6.02. The van der Waals surface area contributed by atoms with Crippen LogP contribution in [-0.2, 0) is 16.4 Å². The molecule has 2 aromatic carbocycles. The number of aliphatic imine (C=N–C) groups is 1. The van der Waals surface area contributed by atoms with Crippen LogP contribution in [0.4, 0.5) is 5.69 Å². The number of benzene rings is 2. The molecule has 0 saturated heterocycles. The van der Waals surface area contributed by atoms with Crippen LogP contribution in [0.5, 0.6) is 0 Å². The van der Waals surface area contributed by atoms with Crippen molar-refractivity contribution in [2.24, 2.45) is 4.99 Å². The molecule has 2 aliphatic rings. The van der Waals surface area contributed by atoms with Crippen LogP contribution >= 0.6 is 0 Å². The van der Waals surface area contributed by atoms with Crippen molar-refractivity contribution < 1.29 is 8.42 Å². The topological polar surface area (TPSA) is 61.8 Å². The number of sulfonamides is 1. The smallest absolute Gasteiger partial charge is 0.263 e. The van der Waals surface area contributed by atoms with Crippen LogP contribution in [-0.4, -0.2) is 33.4 Å². The lowest BCUT2D eigenvalue weighted by molar-refractivity contribution is 0.595. The van der Waals surface area contributed by atoms with Crippen LogP contribution in [0.2, 0.25) is 0 Å². The zero-order chi connectivity index (χ0) is 16.7. The van der Waals surface area contributed by atoms with E-state index < -0.39 is 10.0 Å². The summed E-state index contributed by atoms with van der Waals surface area (Å²) >= 11 is 0. The zero-order valence-electron chi connectivity index (χ0n) is 13.4. The number of para-hydroxylation sites is 1. The highest BCUT2D eigenvalue weighted by molar-refractivity contribution is 7.90. The Morgan fingerprint density at radius 2 is 1.92 bits per heavy atom. The summed E-state index contributed by atoms with van der Waals surface area (Å²) in [7, 11) is -3.46. The van der Waals surface area contributed by atoms with Gasteiger partial charge in [-0.1, -0.05) is 30.3 Å². The average molecular weight is 341 g/mol. The van der Waals surface area contributed by atoms with Gasteiger partial charge in [0.05, 0.1) is 11.4 Å². The Morgan fingerprint density at radius 1 is 1.17 bits per heavy atom. The molecule has 0 spiro atoms. The molecule has 0 saturated carbocycles. The summed E-state index contributed by atoms with van der Waals surface area (Å²) in [5, 5.41) is 0. The summed E-state index contributed by atoms with van der Waals surface area (Å²) in [4.78, 5) is 7.17. The fourth-order valence-corrected chi connectivity index (χ4v) is 4.74. The molecule has 0 amide bonds. The number of hydrogen-bond acceptors (Lipinski definition) is 4. The van der Waals surface area contributed by atoms with Crippen LogP contribution in [0.25, 0.3) is 0 Å². The summed E-state index contributed by atoms with van der Waals surface area (Å²) in [6, 6.07) is 15.8. The summed E-state index contributed by atoms with van der Waals surface area (Å²) < 4.78 is 26.7. The molecular weight excluding hydrogens is 322 g/mol. The number of anilines is 1. The van der Waals surface area contributed by atoms with Crippen LogP contribution < -0.4 is 9.62 Å². The van der Waals surface area contributed by atoms with E-state index in [4.69, 9.17) is 0 Å². The van der Waals surface area contributed by atoms with E-state index in [1.54, 1.807) is 18.2 Å². The first kappa shape index (κ1) is 15.2. The van der Waals surface area contributed by atoms with E-state index >= 15 is 0 Å². The third kappa shape index (κ3) is 2.47. The molecule has 2 aliphatic heterocycles. The maximum atomic E-state index is 12.1. The molecule has 0 fully saturated rings. The van der Waals surface area contributed by atoms with Gasteiger partial charge >= 0.3 is 0 Å². The Balaban J connectivity index is 1.53. The second kappa shape index (κ2) is 5.63. The van der Waals surface area contributed by atoms with E-state index in [2.05, 4.69) is 45.8 Å². The molecule has 0 aliphatic carbocycles. The normalized spacial score (nSPS) is 22.3. The van der Waals surface area contributed by atoms with E-state index in [1.165, 1.54) is 11.3 Å². The highest BCUT2D eigenvalue weighted by Crippen LogP contribution is 2.31. The van der Waals surface area contributed by atoms with Gasteiger partial charge in [-0.15, -0.1) is 0 Å². The molecular formula is C18H19N3O2S. The molecule has 1 unspecified atom stereocenters. The first-order valence-electron chi connectivity index (χ1n) is 8.07. The Kier molecular flexibility index (Phi) is 3.57. The van der Waals surface area contributed by atoms with Gasteiger partial charge in [-0.3, -0.25) is 9.71 Å². The van der Waals surface area contributed by atoms with E-state index in [1.807, 2.05) is 6.07 Å². The zero-order valence-corrected chi connectivity index (χ0v) is 14.3. The minimum absolute atomic E-state index is 0.309. The van der Waals surface area contributed by atoms with Gasteiger partial charge in [0.15, 0.2) is 0 Å². The molecule has 2 aromatic rings.